The molecule has 0 radical (unpaired) electrons. The van der Waals surface area contributed by atoms with Crippen LogP contribution < -0.4 is 10.2 Å². The Bertz CT molecular complexity index is 462. The summed E-state index contributed by atoms with van der Waals surface area (Å²) in [6, 6.07) is 4.29. The van der Waals surface area contributed by atoms with E-state index in [4.69, 9.17) is 0 Å². The Balaban J connectivity index is 2.44. The molecule has 2 rings (SSSR count). The van der Waals surface area contributed by atoms with Crippen molar-refractivity contribution < 1.29 is 14.3 Å². The van der Waals surface area contributed by atoms with Crippen LogP contribution in [-0.4, -0.2) is 30.1 Å². The second-order valence-corrected chi connectivity index (χ2v) is 4.51. The summed E-state index contributed by atoms with van der Waals surface area (Å²) in [6.07, 6.45) is -0.904. The lowest BCUT2D eigenvalue weighted by molar-refractivity contribution is -0.122. The molecule has 1 aromatic rings. The van der Waals surface area contributed by atoms with Gasteiger partial charge >= 0.3 is 0 Å². The van der Waals surface area contributed by atoms with Crippen LogP contribution in [-0.2, 0) is 4.79 Å². The second kappa shape index (κ2) is 4.94. The first-order chi connectivity index (χ1) is 8.52. The quantitative estimate of drug-likeness (QED) is 0.831. The number of anilines is 1. The molecule has 0 bridgehead atoms. The summed E-state index contributed by atoms with van der Waals surface area (Å²) in [5.41, 5.74) is 0.839. The van der Waals surface area contributed by atoms with Crippen molar-refractivity contribution in [1.82, 2.24) is 5.32 Å². The molecule has 0 spiro atoms. The average Bonchev–Trinajstić information content (AvgIpc) is 2.32. The fourth-order valence-electron chi connectivity index (χ4n) is 2.30. The van der Waals surface area contributed by atoms with Crippen LogP contribution in [0.2, 0.25) is 0 Å². The van der Waals surface area contributed by atoms with Crippen molar-refractivity contribution in [2.45, 2.75) is 26.0 Å². The molecule has 2 atom stereocenters. The van der Waals surface area contributed by atoms with Gasteiger partial charge in [-0.2, -0.15) is 0 Å². The molecule has 2 N–H and O–H groups in total. The molecule has 0 aliphatic carbocycles. The number of rotatable bonds is 2. The number of hydrogen-bond donors (Lipinski definition) is 2. The number of carbonyl (C=O) groups excluding carboxylic acids is 1. The number of nitrogens with one attached hydrogen (secondary N) is 1. The second-order valence-electron chi connectivity index (χ2n) is 4.51. The minimum absolute atomic E-state index is 0.0814. The van der Waals surface area contributed by atoms with Crippen LogP contribution in [0.1, 0.15) is 25.5 Å². The fraction of sp³-hybridized carbons (Fsp3) is 0.462. The zero-order chi connectivity index (χ0) is 13.3. The van der Waals surface area contributed by atoms with E-state index in [2.05, 4.69) is 5.32 Å². The van der Waals surface area contributed by atoms with Crippen molar-refractivity contribution in [2.75, 3.05) is 18.0 Å². The maximum atomic E-state index is 13.8. The first kappa shape index (κ1) is 12.8. The fourth-order valence-corrected chi connectivity index (χ4v) is 2.30. The highest BCUT2D eigenvalue weighted by atomic mass is 19.1. The summed E-state index contributed by atoms with van der Waals surface area (Å²) in [5.74, 6) is -0.525. The summed E-state index contributed by atoms with van der Waals surface area (Å²) in [4.78, 5) is 13.5. The third-order valence-corrected chi connectivity index (χ3v) is 3.26. The van der Waals surface area contributed by atoms with Crippen LogP contribution in [0.5, 0.6) is 0 Å². The Morgan fingerprint density at radius 3 is 2.94 bits per heavy atom. The Morgan fingerprint density at radius 2 is 2.28 bits per heavy atom. The lowest BCUT2D eigenvalue weighted by atomic mass is 10.0. The third kappa shape index (κ3) is 2.18. The SMILES string of the molecule is CC(O)c1c(F)cccc1N1CCNC(=O)C1C. The molecule has 5 heteroatoms. The van der Waals surface area contributed by atoms with Crippen molar-refractivity contribution in [1.29, 1.82) is 0 Å². The van der Waals surface area contributed by atoms with Gasteiger partial charge in [0, 0.05) is 24.3 Å². The van der Waals surface area contributed by atoms with Crippen molar-refractivity contribution in [3.05, 3.63) is 29.6 Å². The molecule has 1 heterocycles. The number of halogens is 1. The number of aliphatic hydroxyl groups is 1. The Kier molecular flexibility index (Phi) is 3.52. The lowest BCUT2D eigenvalue weighted by Gasteiger charge is -2.36. The summed E-state index contributed by atoms with van der Waals surface area (Å²) in [5, 5.41) is 12.5. The van der Waals surface area contributed by atoms with Crippen molar-refractivity contribution in [3.63, 3.8) is 0 Å². The number of aliphatic hydroxyl groups excluding tert-OH is 1. The van der Waals surface area contributed by atoms with Crippen LogP contribution in [0, 0.1) is 5.82 Å². The van der Waals surface area contributed by atoms with Crippen LogP contribution >= 0.6 is 0 Å². The van der Waals surface area contributed by atoms with Gasteiger partial charge in [-0.1, -0.05) is 6.07 Å². The molecule has 0 aromatic heterocycles. The third-order valence-electron chi connectivity index (χ3n) is 3.26. The molecule has 1 saturated heterocycles. The van der Waals surface area contributed by atoms with Gasteiger partial charge in [-0.05, 0) is 26.0 Å². The highest BCUT2D eigenvalue weighted by Gasteiger charge is 2.28. The lowest BCUT2D eigenvalue weighted by Crippen LogP contribution is -2.54. The van der Waals surface area contributed by atoms with Gasteiger partial charge in [-0.15, -0.1) is 0 Å². The zero-order valence-electron chi connectivity index (χ0n) is 10.5. The molecule has 0 saturated carbocycles. The predicted octanol–water partition coefficient (Wildman–Crippen LogP) is 1.20. The Labute approximate surface area is 105 Å². The first-order valence-electron chi connectivity index (χ1n) is 6.03. The van der Waals surface area contributed by atoms with E-state index in [-0.39, 0.29) is 17.5 Å². The van der Waals surface area contributed by atoms with Gasteiger partial charge in [0.15, 0.2) is 0 Å². The minimum atomic E-state index is -0.904. The largest absolute Gasteiger partial charge is 0.389 e. The average molecular weight is 252 g/mol. The van der Waals surface area contributed by atoms with Crippen LogP contribution in [0.25, 0.3) is 0 Å². The first-order valence-corrected chi connectivity index (χ1v) is 6.03. The van der Waals surface area contributed by atoms with E-state index in [1.807, 2.05) is 4.90 Å². The van der Waals surface area contributed by atoms with E-state index in [0.29, 0.717) is 18.8 Å². The molecule has 18 heavy (non-hydrogen) atoms. The monoisotopic (exact) mass is 252 g/mol. The van der Waals surface area contributed by atoms with E-state index < -0.39 is 11.9 Å². The topological polar surface area (TPSA) is 52.6 Å². The van der Waals surface area contributed by atoms with E-state index in [0.717, 1.165) is 0 Å². The minimum Gasteiger partial charge on any atom is -0.389 e. The van der Waals surface area contributed by atoms with Crippen LogP contribution in [0.3, 0.4) is 0 Å². The summed E-state index contributed by atoms with van der Waals surface area (Å²) < 4.78 is 13.8. The van der Waals surface area contributed by atoms with Crippen LogP contribution in [0.15, 0.2) is 18.2 Å². The zero-order valence-corrected chi connectivity index (χ0v) is 10.5. The van der Waals surface area contributed by atoms with Crippen molar-refractivity contribution >= 4 is 11.6 Å². The van der Waals surface area contributed by atoms with Gasteiger partial charge in [0.1, 0.15) is 11.9 Å². The Hall–Kier alpha value is -1.62. The van der Waals surface area contributed by atoms with Gasteiger partial charge in [-0.25, -0.2) is 4.39 Å². The smallest absolute Gasteiger partial charge is 0.242 e. The normalized spacial score (nSPS) is 21.7. The van der Waals surface area contributed by atoms with E-state index >= 15 is 0 Å². The molecule has 4 nitrogen and oxygen atoms in total. The van der Waals surface area contributed by atoms with E-state index in [9.17, 15) is 14.3 Å². The Morgan fingerprint density at radius 1 is 1.56 bits per heavy atom. The number of piperazine rings is 1. The van der Waals surface area contributed by atoms with Crippen molar-refractivity contribution in [2.24, 2.45) is 0 Å². The molecule has 1 aromatic carbocycles. The van der Waals surface area contributed by atoms with E-state index in [1.54, 1.807) is 19.1 Å². The molecule has 98 valence electrons. The maximum Gasteiger partial charge on any atom is 0.242 e. The molecule has 1 aliphatic heterocycles. The van der Waals surface area contributed by atoms with Crippen LogP contribution in [0.4, 0.5) is 10.1 Å². The predicted molar refractivity (Wildman–Crippen MR) is 66.9 cm³/mol. The highest BCUT2D eigenvalue weighted by molar-refractivity contribution is 5.86. The summed E-state index contributed by atoms with van der Waals surface area (Å²) >= 11 is 0. The highest BCUT2D eigenvalue weighted by Crippen LogP contribution is 2.30. The molecule has 1 amide bonds. The molecule has 1 aliphatic rings. The van der Waals surface area contributed by atoms with Gasteiger partial charge < -0.3 is 15.3 Å². The summed E-state index contributed by atoms with van der Waals surface area (Å²) in [7, 11) is 0. The number of carbonyl (C=O) groups is 1. The molecule has 2 unspecified atom stereocenters. The summed E-state index contributed by atoms with van der Waals surface area (Å²) in [6.45, 7) is 4.43. The maximum absolute atomic E-state index is 13.8. The molecule has 1 fully saturated rings. The van der Waals surface area contributed by atoms with Crippen molar-refractivity contribution in [3.8, 4) is 0 Å². The number of nitrogens with zero attached hydrogens (tertiary/aromatic N) is 1. The number of benzene rings is 1. The van der Waals surface area contributed by atoms with Gasteiger partial charge in [0.25, 0.3) is 0 Å². The number of hydrogen-bond acceptors (Lipinski definition) is 3. The van der Waals surface area contributed by atoms with Gasteiger partial charge in [0.05, 0.1) is 6.10 Å². The molecular formula is C13H17FN2O2. The standard InChI is InChI=1S/C13H17FN2O2/c1-8-13(18)15-6-7-16(8)11-5-3-4-10(14)12(11)9(2)17/h3-5,8-9,17H,6-7H2,1-2H3,(H,15,18). The van der Waals surface area contributed by atoms with Gasteiger partial charge in [0.2, 0.25) is 5.91 Å². The van der Waals surface area contributed by atoms with E-state index in [1.165, 1.54) is 13.0 Å². The number of amides is 1. The molecular weight excluding hydrogens is 235 g/mol. The van der Waals surface area contributed by atoms with Gasteiger partial charge in [-0.3, -0.25) is 4.79 Å².